The highest BCUT2D eigenvalue weighted by atomic mass is 32.2. The number of fused-ring (bicyclic) bond motifs is 1. The van der Waals surface area contributed by atoms with Gasteiger partial charge in [-0.15, -0.1) is 10.2 Å². The predicted octanol–water partition coefficient (Wildman–Crippen LogP) is 4.78. The van der Waals surface area contributed by atoms with Gasteiger partial charge >= 0.3 is 0 Å². The van der Waals surface area contributed by atoms with Gasteiger partial charge in [0.2, 0.25) is 0 Å². The summed E-state index contributed by atoms with van der Waals surface area (Å²) in [5, 5.41) is 9.38. The third-order valence-electron chi connectivity index (χ3n) is 5.44. The maximum Gasteiger partial charge on any atom is 0.191 e. The minimum absolute atomic E-state index is 0.145. The van der Waals surface area contributed by atoms with Crippen molar-refractivity contribution in [1.29, 1.82) is 0 Å². The second-order valence-electron chi connectivity index (χ2n) is 7.44. The molecule has 0 saturated carbocycles. The molecule has 0 fully saturated rings. The van der Waals surface area contributed by atoms with Crippen LogP contribution in [0.1, 0.15) is 53.8 Å². The van der Waals surface area contributed by atoms with Crippen LogP contribution in [0.2, 0.25) is 0 Å². The number of hydrogen-bond acceptors (Lipinski definition) is 4. The van der Waals surface area contributed by atoms with Gasteiger partial charge in [-0.1, -0.05) is 36.4 Å². The molecule has 1 aliphatic rings. The van der Waals surface area contributed by atoms with E-state index in [9.17, 15) is 4.79 Å². The topological polar surface area (TPSA) is 52.7 Å². The molecule has 0 aliphatic carbocycles. The second kappa shape index (κ2) is 7.95. The minimum atomic E-state index is -0.207. The maximum absolute atomic E-state index is 13.2. The van der Waals surface area contributed by atoms with Crippen LogP contribution in [0.15, 0.2) is 41.6 Å². The van der Waals surface area contributed by atoms with Crippen LogP contribution in [-0.4, -0.2) is 30.4 Å². The highest BCUT2D eigenvalue weighted by Gasteiger charge is 2.25. The Kier molecular flexibility index (Phi) is 5.40. The Morgan fingerprint density at radius 3 is 2.68 bits per heavy atom. The Morgan fingerprint density at radius 1 is 1.11 bits per heavy atom. The number of ketones is 1. The van der Waals surface area contributed by atoms with E-state index < -0.39 is 0 Å². The Balaban J connectivity index is 1.58. The summed E-state index contributed by atoms with van der Waals surface area (Å²) in [7, 11) is 0. The molecular formula is C22H26N4OS. The van der Waals surface area contributed by atoms with E-state index in [1.54, 1.807) is 0 Å². The number of rotatable bonds is 5. The quantitative estimate of drug-likeness (QED) is 0.462. The first-order chi connectivity index (χ1) is 13.6. The van der Waals surface area contributed by atoms with Crippen molar-refractivity contribution in [2.24, 2.45) is 0 Å². The summed E-state index contributed by atoms with van der Waals surface area (Å²) < 4.78 is 4.35. The minimum Gasteiger partial charge on any atom is -0.318 e. The molecule has 0 N–H and O–H groups in total. The molecule has 5 nitrogen and oxygen atoms in total. The van der Waals surface area contributed by atoms with Gasteiger partial charge in [0.15, 0.2) is 10.9 Å². The highest BCUT2D eigenvalue weighted by Crippen LogP contribution is 2.29. The van der Waals surface area contributed by atoms with Gasteiger partial charge in [-0.3, -0.25) is 4.79 Å². The normalized spacial score (nSPS) is 15.1. The highest BCUT2D eigenvalue weighted by molar-refractivity contribution is 8.00. The predicted molar refractivity (Wildman–Crippen MR) is 112 cm³/mol. The van der Waals surface area contributed by atoms with Crippen molar-refractivity contribution in [3.05, 3.63) is 59.2 Å². The average molecular weight is 395 g/mol. The zero-order valence-electron chi connectivity index (χ0n) is 16.7. The molecule has 3 aromatic rings. The van der Waals surface area contributed by atoms with Crippen LogP contribution in [0, 0.1) is 13.8 Å². The first-order valence-corrected chi connectivity index (χ1v) is 10.8. The van der Waals surface area contributed by atoms with E-state index in [2.05, 4.69) is 31.5 Å². The van der Waals surface area contributed by atoms with E-state index in [0.29, 0.717) is 0 Å². The molecule has 6 heteroatoms. The molecular weight excluding hydrogens is 368 g/mol. The molecule has 4 rings (SSSR count). The van der Waals surface area contributed by atoms with E-state index in [1.165, 1.54) is 24.6 Å². The number of Topliss-reactive ketones (excluding diaryl/α,β-unsaturated/α-hetero) is 1. The lowest BCUT2D eigenvalue weighted by molar-refractivity contribution is 0.0993. The van der Waals surface area contributed by atoms with Crippen LogP contribution >= 0.6 is 11.8 Å². The van der Waals surface area contributed by atoms with E-state index in [-0.39, 0.29) is 11.0 Å². The van der Waals surface area contributed by atoms with Crippen LogP contribution in [-0.2, 0) is 13.0 Å². The standard InChI is InChI=1S/C22H26N4OS/c1-15-14-19(16(2)26(15)18-10-6-4-7-11-18)21(27)17(3)28-22-24-23-20-12-8-5-9-13-25(20)22/h4,6-7,10-11,14,17H,5,8-9,12-13H2,1-3H3/t17-/m0/s1. The van der Waals surface area contributed by atoms with Gasteiger partial charge in [0.1, 0.15) is 5.82 Å². The van der Waals surface area contributed by atoms with Gasteiger partial charge in [0.05, 0.1) is 5.25 Å². The van der Waals surface area contributed by atoms with Crippen LogP contribution in [0.4, 0.5) is 0 Å². The number of nitrogens with zero attached hydrogens (tertiary/aromatic N) is 4. The summed E-state index contributed by atoms with van der Waals surface area (Å²) in [6.45, 7) is 6.99. The summed E-state index contributed by atoms with van der Waals surface area (Å²) in [6, 6.07) is 12.2. The molecule has 1 atom stereocenters. The smallest absolute Gasteiger partial charge is 0.191 e. The zero-order valence-corrected chi connectivity index (χ0v) is 17.5. The number of aromatic nitrogens is 4. The van der Waals surface area contributed by atoms with Crippen molar-refractivity contribution < 1.29 is 4.79 Å². The maximum atomic E-state index is 13.2. The molecule has 3 heterocycles. The molecule has 0 bridgehead atoms. The number of aryl methyl sites for hydroxylation is 2. The van der Waals surface area contributed by atoms with Crippen molar-refractivity contribution in [2.75, 3.05) is 0 Å². The Hall–Kier alpha value is -2.34. The van der Waals surface area contributed by atoms with Crippen molar-refractivity contribution in [3.63, 3.8) is 0 Å². The fourth-order valence-electron chi connectivity index (χ4n) is 3.96. The lowest BCUT2D eigenvalue weighted by Gasteiger charge is -2.12. The molecule has 0 radical (unpaired) electrons. The molecule has 0 unspecified atom stereocenters. The summed E-state index contributed by atoms with van der Waals surface area (Å²) in [4.78, 5) is 13.2. The number of para-hydroxylation sites is 1. The van der Waals surface area contributed by atoms with Gasteiger partial charge in [-0.25, -0.2) is 0 Å². The van der Waals surface area contributed by atoms with Gasteiger partial charge in [0.25, 0.3) is 0 Å². The van der Waals surface area contributed by atoms with Crippen LogP contribution in [0.5, 0.6) is 0 Å². The first kappa shape index (κ1) is 19.0. The van der Waals surface area contributed by atoms with Gasteiger partial charge in [0, 0.05) is 35.6 Å². The molecule has 2 aromatic heterocycles. The summed E-state index contributed by atoms with van der Waals surface area (Å²) in [5.74, 6) is 1.20. The van der Waals surface area contributed by atoms with E-state index in [1.807, 2.05) is 45.0 Å². The SMILES string of the molecule is Cc1cc(C(=O)[C@H](C)Sc2nnc3n2CCCCC3)c(C)n1-c1ccccc1. The zero-order chi connectivity index (χ0) is 19.7. The number of carbonyl (C=O) groups excluding carboxylic acids is 1. The number of benzene rings is 1. The van der Waals surface area contributed by atoms with Gasteiger partial charge < -0.3 is 9.13 Å². The van der Waals surface area contributed by atoms with Crippen LogP contribution < -0.4 is 0 Å². The Morgan fingerprint density at radius 2 is 1.89 bits per heavy atom. The van der Waals surface area contributed by atoms with Crippen molar-refractivity contribution >= 4 is 17.5 Å². The van der Waals surface area contributed by atoms with E-state index in [4.69, 9.17) is 0 Å². The monoisotopic (exact) mass is 394 g/mol. The van der Waals surface area contributed by atoms with E-state index in [0.717, 1.165) is 53.0 Å². The Labute approximate surface area is 170 Å². The molecule has 1 aliphatic heterocycles. The first-order valence-electron chi connectivity index (χ1n) is 9.93. The van der Waals surface area contributed by atoms with Crippen LogP contribution in [0.3, 0.4) is 0 Å². The van der Waals surface area contributed by atoms with Gasteiger partial charge in [-0.05, 0) is 51.8 Å². The molecule has 0 spiro atoms. The third-order valence-corrected chi connectivity index (χ3v) is 6.52. The summed E-state index contributed by atoms with van der Waals surface area (Å²) in [5.41, 5.74) is 3.93. The van der Waals surface area contributed by atoms with Crippen molar-refractivity contribution in [1.82, 2.24) is 19.3 Å². The fraction of sp³-hybridized carbons (Fsp3) is 0.409. The van der Waals surface area contributed by atoms with Crippen molar-refractivity contribution in [3.8, 4) is 5.69 Å². The largest absolute Gasteiger partial charge is 0.318 e. The average Bonchev–Trinajstić information content (AvgIpc) is 3.10. The molecule has 0 saturated heterocycles. The lowest BCUT2D eigenvalue weighted by atomic mass is 10.1. The third kappa shape index (κ3) is 3.53. The number of thioether (sulfide) groups is 1. The lowest BCUT2D eigenvalue weighted by Crippen LogP contribution is -2.16. The molecule has 146 valence electrons. The molecule has 0 amide bonds. The van der Waals surface area contributed by atoms with Gasteiger partial charge in [-0.2, -0.15) is 0 Å². The molecule has 28 heavy (non-hydrogen) atoms. The number of carbonyl (C=O) groups is 1. The molecule has 1 aromatic carbocycles. The van der Waals surface area contributed by atoms with E-state index >= 15 is 0 Å². The summed E-state index contributed by atoms with van der Waals surface area (Å²) >= 11 is 1.53. The fourth-order valence-corrected chi connectivity index (χ4v) is 4.92. The van der Waals surface area contributed by atoms with Crippen molar-refractivity contribution in [2.45, 2.75) is 63.4 Å². The second-order valence-corrected chi connectivity index (χ2v) is 8.75. The summed E-state index contributed by atoms with van der Waals surface area (Å²) in [6.07, 6.45) is 4.53. The Bertz CT molecular complexity index is 990. The number of hydrogen-bond donors (Lipinski definition) is 0. The van der Waals surface area contributed by atoms with Crippen LogP contribution in [0.25, 0.3) is 5.69 Å².